The Balaban J connectivity index is 5.46. The largest absolute Gasteiger partial charge is 0.351 e. The van der Waals surface area contributed by atoms with E-state index < -0.39 is 53.8 Å². The van der Waals surface area contributed by atoms with Crippen LogP contribution in [0.25, 0.3) is 0 Å². The fourth-order valence-corrected chi connectivity index (χ4v) is 3.49. The third kappa shape index (κ3) is 12.0. The van der Waals surface area contributed by atoms with Crippen molar-refractivity contribution in [2.24, 2.45) is 23.5 Å². The summed E-state index contributed by atoms with van der Waals surface area (Å²) in [5.41, 5.74) is 5.18. The summed E-state index contributed by atoms with van der Waals surface area (Å²) in [5, 5.41) is 10.3. The van der Waals surface area contributed by atoms with E-state index in [4.69, 9.17) is 5.73 Å². The zero-order valence-corrected chi connectivity index (χ0v) is 22.7. The molecule has 0 bridgehead atoms. The summed E-state index contributed by atoms with van der Waals surface area (Å²) in [4.78, 5) is 74.2. The molecule has 12 heteroatoms. The Bertz CT molecular complexity index is 785. The van der Waals surface area contributed by atoms with E-state index in [0.29, 0.717) is 19.3 Å². The van der Waals surface area contributed by atoms with Crippen LogP contribution in [-0.4, -0.2) is 72.2 Å². The zero-order chi connectivity index (χ0) is 28.2. The lowest BCUT2D eigenvalue weighted by Crippen LogP contribution is -2.58. The first-order valence-corrected chi connectivity index (χ1v) is 12.3. The summed E-state index contributed by atoms with van der Waals surface area (Å²) in [7, 11) is 1.22. The van der Waals surface area contributed by atoms with E-state index in [1.807, 2.05) is 41.5 Å². The van der Waals surface area contributed by atoms with Crippen LogP contribution in [0.15, 0.2) is 0 Å². The molecule has 0 aliphatic heterocycles. The van der Waals surface area contributed by atoms with Crippen LogP contribution in [0.1, 0.15) is 67.7 Å². The van der Waals surface area contributed by atoms with E-state index in [2.05, 4.69) is 21.3 Å². The van der Waals surface area contributed by atoms with Gasteiger partial charge >= 0.3 is 6.03 Å². The maximum Gasteiger partial charge on any atom is 0.321 e. The lowest BCUT2D eigenvalue weighted by molar-refractivity contribution is -0.135. The summed E-state index contributed by atoms with van der Waals surface area (Å²) in [6.45, 7) is 12.7. The highest BCUT2D eigenvalue weighted by molar-refractivity contribution is 5.99. The number of nitrogens with two attached hydrogens (primary N) is 1. The summed E-state index contributed by atoms with van der Waals surface area (Å²) < 4.78 is 0. The van der Waals surface area contributed by atoms with E-state index in [1.54, 1.807) is 0 Å². The molecule has 7 amide bonds. The maximum absolute atomic E-state index is 13.0. The van der Waals surface area contributed by atoms with Gasteiger partial charge in [-0.05, 0) is 43.9 Å². The van der Waals surface area contributed by atoms with Crippen LogP contribution in [0.2, 0.25) is 0 Å². The number of carbonyl (C=O) groups excluding carboxylic acids is 6. The Morgan fingerprint density at radius 3 is 1.56 bits per heavy atom. The van der Waals surface area contributed by atoms with Crippen molar-refractivity contribution < 1.29 is 28.8 Å². The molecule has 0 spiro atoms. The quantitative estimate of drug-likeness (QED) is 0.196. The topological polar surface area (TPSA) is 180 Å². The second-order valence-corrected chi connectivity index (χ2v) is 10.3. The monoisotopic (exact) mass is 512 g/mol. The number of nitrogens with zero attached hydrogens (tertiary/aromatic N) is 1. The fourth-order valence-electron chi connectivity index (χ4n) is 3.49. The van der Waals surface area contributed by atoms with E-state index in [9.17, 15) is 28.8 Å². The standard InChI is InChI=1S/C24H44N6O6/c1-13(2)9-17(26-12-31)21(33)28-18(10-14(3)4)22(34)27-16(7)20(32)29-19(11-15(5)6)23(35)30(8)24(25)36/h12-19H,9-11H2,1-8H3,(H2,25,36)(H,26,31)(H,27,34)(H,28,33)(H,29,32)/t16?,17-,18?,19-/m0/s1. The SMILES string of the molecule is CC(C)CC(NC(=O)[C@H](CC(C)C)NC=O)C(=O)NC(C)C(=O)N[C@@H](CC(C)C)C(=O)N(C)C(N)=O. The fraction of sp³-hybridized carbons (Fsp3) is 0.750. The Morgan fingerprint density at radius 2 is 1.11 bits per heavy atom. The van der Waals surface area contributed by atoms with Crippen LogP contribution < -0.4 is 27.0 Å². The molecular weight excluding hydrogens is 468 g/mol. The predicted octanol–water partition coefficient (Wildman–Crippen LogP) is 0.251. The van der Waals surface area contributed by atoms with Gasteiger partial charge in [0.2, 0.25) is 24.1 Å². The van der Waals surface area contributed by atoms with Gasteiger partial charge in [0.15, 0.2) is 0 Å². The van der Waals surface area contributed by atoms with Crippen molar-refractivity contribution in [2.75, 3.05) is 7.05 Å². The average Bonchev–Trinajstić information content (AvgIpc) is 2.75. The maximum atomic E-state index is 13.0. The highest BCUT2D eigenvalue weighted by atomic mass is 16.2. The molecule has 0 rings (SSSR count). The molecule has 0 saturated heterocycles. The molecule has 0 aliphatic rings. The predicted molar refractivity (Wildman–Crippen MR) is 135 cm³/mol. The second-order valence-electron chi connectivity index (χ2n) is 10.3. The molecule has 0 fully saturated rings. The minimum atomic E-state index is -1.04. The molecular formula is C24H44N6O6. The number of nitrogens with one attached hydrogen (secondary N) is 4. The van der Waals surface area contributed by atoms with Crippen molar-refractivity contribution in [1.29, 1.82) is 0 Å². The normalized spacial score (nSPS) is 14.4. The van der Waals surface area contributed by atoms with Gasteiger partial charge in [-0.25, -0.2) is 4.79 Å². The molecule has 0 aromatic rings. The number of primary amides is 1. The lowest BCUT2D eigenvalue weighted by Gasteiger charge is -2.27. The Labute approximate surface area is 213 Å². The highest BCUT2D eigenvalue weighted by Crippen LogP contribution is 2.10. The molecule has 6 N–H and O–H groups in total. The molecule has 0 saturated carbocycles. The van der Waals surface area contributed by atoms with Crippen LogP contribution in [0.3, 0.4) is 0 Å². The van der Waals surface area contributed by atoms with Gasteiger partial charge in [-0.3, -0.25) is 28.9 Å². The number of amides is 7. The van der Waals surface area contributed by atoms with Crippen molar-refractivity contribution in [3.8, 4) is 0 Å². The molecule has 0 radical (unpaired) electrons. The highest BCUT2D eigenvalue weighted by Gasteiger charge is 2.31. The zero-order valence-electron chi connectivity index (χ0n) is 22.7. The van der Waals surface area contributed by atoms with E-state index in [-0.39, 0.29) is 24.2 Å². The van der Waals surface area contributed by atoms with E-state index in [1.165, 1.54) is 14.0 Å². The molecule has 4 atom stereocenters. The van der Waals surface area contributed by atoms with Gasteiger partial charge in [-0.15, -0.1) is 0 Å². The van der Waals surface area contributed by atoms with Crippen LogP contribution in [0, 0.1) is 17.8 Å². The summed E-state index contributed by atoms with van der Waals surface area (Å²) in [5.74, 6) is -2.16. The number of hydrogen-bond donors (Lipinski definition) is 5. The summed E-state index contributed by atoms with van der Waals surface area (Å²) in [6.07, 6.45) is 1.40. The van der Waals surface area contributed by atoms with Gasteiger partial charge in [0.25, 0.3) is 5.91 Å². The first-order chi connectivity index (χ1) is 16.6. The molecule has 0 heterocycles. The van der Waals surface area contributed by atoms with Gasteiger partial charge < -0.3 is 27.0 Å². The van der Waals surface area contributed by atoms with Crippen molar-refractivity contribution >= 4 is 36.1 Å². The van der Waals surface area contributed by atoms with Crippen LogP contribution in [0.4, 0.5) is 4.79 Å². The number of carbonyl (C=O) groups is 6. The smallest absolute Gasteiger partial charge is 0.321 e. The van der Waals surface area contributed by atoms with Crippen molar-refractivity contribution in [3.05, 3.63) is 0 Å². The number of likely N-dealkylation sites (N-methyl/N-ethyl adjacent to an activating group) is 1. The molecule has 12 nitrogen and oxygen atoms in total. The number of rotatable bonds is 15. The first-order valence-electron chi connectivity index (χ1n) is 12.3. The van der Waals surface area contributed by atoms with E-state index in [0.717, 1.165) is 4.90 Å². The van der Waals surface area contributed by atoms with Crippen molar-refractivity contribution in [3.63, 3.8) is 0 Å². The van der Waals surface area contributed by atoms with Gasteiger partial charge in [-0.2, -0.15) is 0 Å². The van der Waals surface area contributed by atoms with Gasteiger partial charge in [-0.1, -0.05) is 41.5 Å². The van der Waals surface area contributed by atoms with Crippen LogP contribution in [-0.2, 0) is 24.0 Å². The van der Waals surface area contributed by atoms with Crippen molar-refractivity contribution in [2.45, 2.75) is 91.9 Å². The Morgan fingerprint density at radius 1 is 0.694 bits per heavy atom. The minimum Gasteiger partial charge on any atom is -0.351 e. The molecule has 36 heavy (non-hydrogen) atoms. The molecule has 2 unspecified atom stereocenters. The number of urea groups is 1. The summed E-state index contributed by atoms with van der Waals surface area (Å²) >= 11 is 0. The molecule has 0 aromatic heterocycles. The summed E-state index contributed by atoms with van der Waals surface area (Å²) in [6, 6.07) is -4.73. The third-order valence-corrected chi connectivity index (χ3v) is 5.37. The second kappa shape index (κ2) is 15.7. The van der Waals surface area contributed by atoms with Gasteiger partial charge in [0.1, 0.15) is 24.2 Å². The first kappa shape index (κ1) is 32.8. The van der Waals surface area contributed by atoms with Gasteiger partial charge in [0.05, 0.1) is 0 Å². The van der Waals surface area contributed by atoms with Crippen LogP contribution in [0.5, 0.6) is 0 Å². The lowest BCUT2D eigenvalue weighted by atomic mass is 10.00. The molecule has 206 valence electrons. The number of hydrogen-bond acceptors (Lipinski definition) is 6. The third-order valence-electron chi connectivity index (χ3n) is 5.37. The van der Waals surface area contributed by atoms with Gasteiger partial charge in [0, 0.05) is 7.05 Å². The van der Waals surface area contributed by atoms with Crippen molar-refractivity contribution in [1.82, 2.24) is 26.2 Å². The molecule has 0 aliphatic carbocycles. The number of imide groups is 1. The average molecular weight is 513 g/mol. The minimum absolute atomic E-state index is 0.0230. The molecule has 0 aromatic carbocycles. The Hall–Kier alpha value is -3.18. The van der Waals surface area contributed by atoms with E-state index >= 15 is 0 Å². The Kier molecular flexibility index (Phi) is 14.4. The van der Waals surface area contributed by atoms with Crippen LogP contribution >= 0.6 is 0 Å².